The number of piperidine rings is 1. The normalized spacial score (nSPS) is 21.7. The third kappa shape index (κ3) is 3.00. The monoisotopic (exact) mass is 343 g/mol. The van der Waals surface area contributed by atoms with E-state index in [9.17, 15) is 9.90 Å². The van der Waals surface area contributed by atoms with Gasteiger partial charge in [-0.05, 0) is 55.7 Å². The number of aryl methyl sites for hydroxylation is 2. The first kappa shape index (κ1) is 17.8. The number of aromatic nitrogens is 2. The van der Waals surface area contributed by atoms with Crippen molar-refractivity contribution in [3.63, 3.8) is 0 Å². The molecule has 1 atom stereocenters. The van der Waals surface area contributed by atoms with Crippen LogP contribution in [0.2, 0.25) is 0 Å². The summed E-state index contributed by atoms with van der Waals surface area (Å²) in [5.41, 5.74) is 3.77. The van der Waals surface area contributed by atoms with Crippen LogP contribution in [-0.4, -0.2) is 37.6 Å². The van der Waals surface area contributed by atoms with Gasteiger partial charge in [0.2, 0.25) is 0 Å². The van der Waals surface area contributed by atoms with E-state index in [1.54, 1.807) is 4.90 Å². The van der Waals surface area contributed by atoms with E-state index < -0.39 is 11.6 Å². The number of likely N-dealkylation sites (tertiary alicyclic amines) is 1. The third-order valence-corrected chi connectivity index (χ3v) is 5.95. The minimum atomic E-state index is -0.815. The molecule has 0 saturated carbocycles. The zero-order valence-electron chi connectivity index (χ0n) is 16.0. The molecule has 3 heterocycles. The molecular formula is C20H29N3O2. The van der Waals surface area contributed by atoms with Crippen LogP contribution in [0.5, 0.6) is 0 Å². The van der Waals surface area contributed by atoms with Crippen LogP contribution in [0.25, 0.3) is 5.65 Å². The number of carboxylic acid groups (broad SMARTS) is 1. The van der Waals surface area contributed by atoms with Crippen LogP contribution in [0.15, 0.2) is 18.5 Å². The lowest BCUT2D eigenvalue weighted by atomic mass is 9.65. The number of hydrogen-bond acceptors (Lipinski definition) is 2. The Bertz CT molecular complexity index is 764. The van der Waals surface area contributed by atoms with Gasteiger partial charge in [0.25, 0.3) is 0 Å². The number of fused-ring (bicyclic) bond motifs is 1. The second-order valence-corrected chi connectivity index (χ2v) is 8.49. The van der Waals surface area contributed by atoms with Gasteiger partial charge < -0.3 is 14.4 Å². The van der Waals surface area contributed by atoms with E-state index >= 15 is 0 Å². The number of amides is 1. The minimum absolute atomic E-state index is 0.159. The Morgan fingerprint density at radius 3 is 2.60 bits per heavy atom. The molecule has 1 amide bonds. The van der Waals surface area contributed by atoms with Crippen molar-refractivity contribution in [3.05, 3.63) is 35.3 Å². The molecule has 3 rings (SSSR count). The molecule has 0 aromatic carbocycles. The summed E-state index contributed by atoms with van der Waals surface area (Å²) in [6.07, 6.45) is 6.88. The van der Waals surface area contributed by atoms with Gasteiger partial charge in [-0.15, -0.1) is 0 Å². The molecule has 136 valence electrons. The fraction of sp³-hybridized carbons (Fsp3) is 0.600. The molecule has 0 bridgehead atoms. The van der Waals surface area contributed by atoms with E-state index in [-0.39, 0.29) is 5.41 Å². The number of imidazole rings is 1. The van der Waals surface area contributed by atoms with Crippen molar-refractivity contribution in [2.45, 2.75) is 65.8 Å². The van der Waals surface area contributed by atoms with Gasteiger partial charge in [-0.3, -0.25) is 0 Å². The largest absolute Gasteiger partial charge is 0.465 e. The Hall–Kier alpha value is -2.04. The van der Waals surface area contributed by atoms with Crippen molar-refractivity contribution in [3.8, 4) is 0 Å². The van der Waals surface area contributed by atoms with Gasteiger partial charge in [-0.1, -0.05) is 20.8 Å². The van der Waals surface area contributed by atoms with Crippen molar-refractivity contribution in [2.24, 2.45) is 5.41 Å². The molecule has 0 spiro atoms. The Labute approximate surface area is 149 Å². The van der Waals surface area contributed by atoms with E-state index in [4.69, 9.17) is 4.98 Å². The summed E-state index contributed by atoms with van der Waals surface area (Å²) in [4.78, 5) is 18.5. The first-order chi connectivity index (χ1) is 11.6. The van der Waals surface area contributed by atoms with Gasteiger partial charge >= 0.3 is 6.09 Å². The van der Waals surface area contributed by atoms with Crippen LogP contribution in [0, 0.1) is 19.3 Å². The summed E-state index contributed by atoms with van der Waals surface area (Å²) >= 11 is 0. The van der Waals surface area contributed by atoms with E-state index in [0.29, 0.717) is 13.0 Å². The average Bonchev–Trinajstić information content (AvgIpc) is 2.87. The Morgan fingerprint density at radius 2 is 1.96 bits per heavy atom. The zero-order chi connectivity index (χ0) is 18.4. The highest BCUT2D eigenvalue weighted by molar-refractivity contribution is 5.66. The molecule has 2 aromatic heterocycles. The van der Waals surface area contributed by atoms with E-state index in [0.717, 1.165) is 30.6 Å². The molecule has 1 saturated heterocycles. The van der Waals surface area contributed by atoms with Crippen molar-refractivity contribution in [1.29, 1.82) is 0 Å². The molecule has 25 heavy (non-hydrogen) atoms. The summed E-state index contributed by atoms with van der Waals surface area (Å²) in [7, 11) is 0. The molecule has 1 N–H and O–H groups in total. The molecule has 0 unspecified atom stereocenters. The van der Waals surface area contributed by atoms with E-state index in [1.165, 1.54) is 11.1 Å². The van der Waals surface area contributed by atoms with Crippen LogP contribution in [0.4, 0.5) is 4.79 Å². The molecule has 1 aliphatic rings. The first-order valence-electron chi connectivity index (χ1n) is 9.09. The predicted octanol–water partition coefficient (Wildman–Crippen LogP) is 4.44. The standard InChI is InChI=1S/C20H29N3O2/c1-14-10-17-21-16(13-22(17)12-15(14)2)11-20(19(3,4)5)8-6-7-9-23(20)18(24)25/h10,12-13H,6-9,11H2,1-5H3,(H,24,25)/t20-/m0/s1. The zero-order valence-corrected chi connectivity index (χ0v) is 16.0. The highest BCUT2D eigenvalue weighted by Crippen LogP contribution is 2.44. The van der Waals surface area contributed by atoms with Gasteiger partial charge in [-0.2, -0.15) is 0 Å². The molecular weight excluding hydrogens is 314 g/mol. The second-order valence-electron chi connectivity index (χ2n) is 8.49. The quantitative estimate of drug-likeness (QED) is 0.877. The second kappa shape index (κ2) is 6.04. The summed E-state index contributed by atoms with van der Waals surface area (Å²) in [6, 6.07) is 2.10. The van der Waals surface area contributed by atoms with Crippen LogP contribution < -0.4 is 0 Å². The van der Waals surface area contributed by atoms with Crippen LogP contribution in [0.1, 0.15) is 56.9 Å². The molecule has 0 aliphatic carbocycles. The van der Waals surface area contributed by atoms with Crippen molar-refractivity contribution in [2.75, 3.05) is 6.54 Å². The molecule has 1 fully saturated rings. The molecule has 2 aromatic rings. The lowest BCUT2D eigenvalue weighted by Gasteiger charge is -2.53. The lowest BCUT2D eigenvalue weighted by molar-refractivity contribution is -0.0251. The molecule has 1 aliphatic heterocycles. The predicted molar refractivity (Wildman–Crippen MR) is 99.1 cm³/mol. The fourth-order valence-corrected chi connectivity index (χ4v) is 4.22. The Balaban J connectivity index is 2.05. The molecule has 5 heteroatoms. The average molecular weight is 343 g/mol. The van der Waals surface area contributed by atoms with E-state index in [1.807, 2.05) is 0 Å². The Kier molecular flexibility index (Phi) is 4.30. The third-order valence-electron chi connectivity index (χ3n) is 5.95. The van der Waals surface area contributed by atoms with Crippen molar-refractivity contribution < 1.29 is 9.90 Å². The summed E-state index contributed by atoms with van der Waals surface area (Å²) in [5, 5.41) is 9.83. The van der Waals surface area contributed by atoms with Gasteiger partial charge in [-0.25, -0.2) is 9.78 Å². The topological polar surface area (TPSA) is 57.8 Å². The summed E-state index contributed by atoms with van der Waals surface area (Å²) in [5.74, 6) is 0. The van der Waals surface area contributed by atoms with Crippen LogP contribution in [-0.2, 0) is 6.42 Å². The summed E-state index contributed by atoms with van der Waals surface area (Å²) in [6.45, 7) is 11.2. The van der Waals surface area contributed by atoms with E-state index in [2.05, 4.69) is 57.5 Å². The maximum atomic E-state index is 12.0. The maximum Gasteiger partial charge on any atom is 0.407 e. The lowest BCUT2D eigenvalue weighted by Crippen LogP contribution is -2.62. The minimum Gasteiger partial charge on any atom is -0.465 e. The summed E-state index contributed by atoms with van der Waals surface area (Å²) < 4.78 is 2.06. The van der Waals surface area contributed by atoms with Crippen molar-refractivity contribution in [1.82, 2.24) is 14.3 Å². The SMILES string of the molecule is Cc1cc2nc(C[C@]3(C(C)(C)C)CCCCN3C(=O)O)cn2cc1C. The highest BCUT2D eigenvalue weighted by atomic mass is 16.4. The number of hydrogen-bond donors (Lipinski definition) is 1. The number of carbonyl (C=O) groups is 1. The van der Waals surface area contributed by atoms with Gasteiger partial charge in [0.15, 0.2) is 0 Å². The molecule has 0 radical (unpaired) electrons. The number of nitrogens with zero attached hydrogens (tertiary/aromatic N) is 3. The van der Waals surface area contributed by atoms with Gasteiger partial charge in [0, 0.05) is 25.4 Å². The van der Waals surface area contributed by atoms with Crippen LogP contribution >= 0.6 is 0 Å². The van der Waals surface area contributed by atoms with Crippen LogP contribution in [0.3, 0.4) is 0 Å². The van der Waals surface area contributed by atoms with Crippen molar-refractivity contribution >= 4 is 11.7 Å². The highest BCUT2D eigenvalue weighted by Gasteiger charge is 2.50. The maximum absolute atomic E-state index is 12.0. The van der Waals surface area contributed by atoms with Gasteiger partial charge in [0.05, 0.1) is 11.2 Å². The smallest absolute Gasteiger partial charge is 0.407 e. The Morgan fingerprint density at radius 1 is 1.24 bits per heavy atom. The number of rotatable bonds is 2. The fourth-order valence-electron chi connectivity index (χ4n) is 4.22. The molecule has 5 nitrogen and oxygen atoms in total. The van der Waals surface area contributed by atoms with Gasteiger partial charge in [0.1, 0.15) is 5.65 Å². The number of pyridine rings is 1. The first-order valence-corrected chi connectivity index (χ1v) is 9.09.